The molecule has 0 aliphatic heterocycles. The van der Waals surface area contributed by atoms with E-state index in [1.807, 2.05) is 127 Å². The highest BCUT2D eigenvalue weighted by Gasteiger charge is 2.41. The standard InChI is InChI=1S/C21H17ClF3N3O2.C17H27ClN2OSi.C16H25ClN2OSi.C12H13ClN4.C11H13ClN2O.C11H11ClN2O.C8H4ClF3O2.CH4/c1-13-17-8-5-15(22)9-18(17)27-28(13)12-20(2,11-26)10-19(29)14-3-6-16(7-4-14)30-21(23,24)25;1-12(21-22(6,7)17(3,4)5)11-20-13(2)15-9-8-14(18)10-16(15)19-20;1-12(20-21(5,6)16(2,3)4)10-19-11-13-7-8-14(17)9-15(13)18-19;1-8-10-4-3-9(13)5-11(10)16-17(8)7-12(2,15)6-14;2*1-7(15)6-14-8(2)10-4-3-9(12)5-11(10)13-14;9-7(13)5-1-3-6(4-2-5)14-8(10,11)12;/h3-9H,10,12H2,1-2H3;8-10,12H,11H2,1-7H3;7-9,11-12H,10H2,1-6H3;3-5H,7,15H2,1-2H3;3-5,7,15H,6H2,1-2H3;3-5H,6H2,1-2H3;1-4H;1H4. The van der Waals surface area contributed by atoms with Crippen LogP contribution in [-0.2, 0) is 52.9 Å². The van der Waals surface area contributed by atoms with E-state index in [2.05, 4.69) is 147 Å². The normalized spacial score (nSPS) is 13.3. The first-order chi connectivity index (χ1) is 62.0. The van der Waals surface area contributed by atoms with Crippen molar-refractivity contribution in [2.75, 3.05) is 0 Å². The number of aromatic nitrogens is 12. The first-order valence-corrected chi connectivity index (χ1v) is 50.9. The second-order valence-corrected chi connectivity index (χ2v) is 48.7. The Kier molecular flexibility index (Phi) is 38.6. The second-order valence-electron chi connectivity index (χ2n) is 36.3. The fourth-order valence-corrected chi connectivity index (χ4v) is 17.4. The van der Waals surface area contributed by atoms with Crippen LogP contribution in [0.15, 0.2) is 164 Å². The van der Waals surface area contributed by atoms with Crippen molar-refractivity contribution in [3.05, 3.63) is 234 Å². The van der Waals surface area contributed by atoms with Gasteiger partial charge in [0, 0.05) is 115 Å². The molecule has 8 aromatic carbocycles. The van der Waals surface area contributed by atoms with E-state index in [0.717, 1.165) is 148 Å². The monoisotopic (exact) mass is 2030 g/mol. The van der Waals surface area contributed by atoms with Crippen molar-refractivity contribution in [2.45, 2.75) is 244 Å². The molecule has 0 aliphatic rings. The predicted molar refractivity (Wildman–Crippen MR) is 534 cm³/mol. The molecule has 14 rings (SSSR count). The van der Waals surface area contributed by atoms with E-state index in [4.69, 9.17) is 101 Å². The molecule has 6 aromatic heterocycles. The number of hydrogen-bond acceptors (Lipinski definition) is 17. The Morgan fingerprint density at radius 2 is 0.770 bits per heavy atom. The van der Waals surface area contributed by atoms with Gasteiger partial charge in [-0.05, 0) is 282 Å². The number of alkyl halides is 6. The largest absolute Gasteiger partial charge is 0.573 e. The molecule has 0 amide bonds. The van der Waals surface area contributed by atoms with Crippen LogP contribution in [0.25, 0.3) is 65.4 Å². The van der Waals surface area contributed by atoms with Gasteiger partial charge in [-0.1, -0.05) is 119 Å². The lowest BCUT2D eigenvalue weighted by atomic mass is 9.84. The maximum absolute atomic E-state index is 12.6. The summed E-state index contributed by atoms with van der Waals surface area (Å²) in [5, 5.41) is 64.8. The summed E-state index contributed by atoms with van der Waals surface area (Å²) >= 11 is 40.8. The van der Waals surface area contributed by atoms with Gasteiger partial charge >= 0.3 is 12.7 Å². The van der Waals surface area contributed by atoms with E-state index in [1.165, 1.54) is 12.1 Å². The molecule has 5 atom stereocenters. The number of aliphatic hydroxyl groups excluding tert-OH is 1. The molecule has 0 bridgehead atoms. The minimum atomic E-state index is -4.81. The lowest BCUT2D eigenvalue weighted by molar-refractivity contribution is -0.275. The molecule has 0 aliphatic carbocycles. The Morgan fingerprint density at radius 1 is 0.452 bits per heavy atom. The Balaban J connectivity index is 0.000000218. The van der Waals surface area contributed by atoms with Crippen molar-refractivity contribution in [2.24, 2.45) is 11.1 Å². The number of Topliss-reactive ketones (excluding diaryl/α,β-unsaturated/α-hetero) is 2. The number of carbonyl (C=O) groups is 3. The van der Waals surface area contributed by atoms with Crippen LogP contribution in [0.1, 0.15) is 146 Å². The Labute approximate surface area is 819 Å². The highest BCUT2D eigenvalue weighted by molar-refractivity contribution is 6.74. The van der Waals surface area contributed by atoms with Crippen LogP contribution >= 0.6 is 81.2 Å². The third kappa shape index (κ3) is 32.3. The van der Waals surface area contributed by atoms with E-state index in [1.54, 1.807) is 66.0 Å². The van der Waals surface area contributed by atoms with Crippen LogP contribution in [0.5, 0.6) is 11.5 Å². The summed E-state index contributed by atoms with van der Waals surface area (Å²) in [5.74, 6) is -1.08. The number of nitrogens with zero attached hydrogens (tertiary/aromatic N) is 14. The smallest absolute Gasteiger partial charge is 0.412 e. The summed E-state index contributed by atoms with van der Waals surface area (Å²) in [6.45, 7) is 46.4. The Hall–Kier alpha value is -9.95. The fraction of sp³-hybridized carbons (Fsp3) is 0.392. The van der Waals surface area contributed by atoms with Crippen LogP contribution in [0.3, 0.4) is 0 Å². The van der Waals surface area contributed by atoms with E-state index < -0.39 is 57.4 Å². The van der Waals surface area contributed by atoms with E-state index in [9.17, 15) is 51.1 Å². The van der Waals surface area contributed by atoms with Crippen molar-refractivity contribution >= 4 is 180 Å². The number of ketones is 2. The molecule has 0 saturated heterocycles. The summed E-state index contributed by atoms with van der Waals surface area (Å²) in [6, 6.07) is 46.9. The lowest BCUT2D eigenvalue weighted by Crippen LogP contribution is -2.44. The average molecular weight is 2040 g/mol. The third-order valence-electron chi connectivity index (χ3n) is 22.4. The number of aliphatic hydroxyl groups is 1. The molecule has 23 nitrogen and oxygen atoms in total. The molecule has 0 saturated carbocycles. The SMILES string of the molecule is C.CC(=O)Cn1nc2cc(Cl)ccc2c1C.CC(Cn1cc2ccc(Cl)cc2n1)O[Si](C)(C)C(C)(C)C.Cc1c2ccc(Cl)cc2nn1CC(C)(C#N)CC(=O)c1ccc(OC(F)(F)F)cc1.Cc1c2ccc(Cl)cc2nn1CC(C)(N)C#N.Cc1c2ccc(Cl)cc2nn1CC(C)O.Cc1c2ccc(Cl)cc2nn1CC(C)O[Si](C)(C)C(C)(C)C.O=C(Cl)c1ccc(OC(F)(F)F)cc1. The number of carbonyl (C=O) groups excluding carboxylic acids is 3. The van der Waals surface area contributed by atoms with Crippen molar-refractivity contribution in [3.63, 3.8) is 0 Å². The quantitative estimate of drug-likeness (QED) is 0.0276. The zero-order valence-electron chi connectivity index (χ0n) is 78.3. The molecular weight excluding hydrogens is 1920 g/mol. The molecular formula is C97H114Cl7F6N15O8Si2. The minimum Gasteiger partial charge on any atom is -0.412 e. The number of ether oxygens (including phenoxy) is 2. The Morgan fingerprint density at radius 3 is 1.11 bits per heavy atom. The number of fused-ring (bicyclic) bond motifs is 6. The van der Waals surface area contributed by atoms with Crippen molar-refractivity contribution in [1.29, 1.82) is 10.5 Å². The molecule has 0 radical (unpaired) electrons. The summed E-state index contributed by atoms with van der Waals surface area (Å²) < 4.78 is 103. The summed E-state index contributed by atoms with van der Waals surface area (Å²) in [7, 11) is -3.48. The second kappa shape index (κ2) is 46.5. The molecule has 6 heterocycles. The van der Waals surface area contributed by atoms with Gasteiger partial charge in [-0.25, -0.2) is 0 Å². The molecule has 14 aromatic rings. The Bertz CT molecular complexity index is 6570. The number of nitriles is 2. The van der Waals surface area contributed by atoms with E-state index >= 15 is 0 Å². The van der Waals surface area contributed by atoms with Gasteiger partial charge in [0.1, 0.15) is 17.0 Å². The fourth-order valence-electron chi connectivity index (χ4n) is 13.4. The van der Waals surface area contributed by atoms with Gasteiger partial charge in [-0.2, -0.15) is 41.1 Å². The molecule has 3 N–H and O–H groups in total. The van der Waals surface area contributed by atoms with Gasteiger partial charge < -0.3 is 29.2 Å². The van der Waals surface area contributed by atoms with Gasteiger partial charge in [-0.15, -0.1) is 26.3 Å². The van der Waals surface area contributed by atoms with Gasteiger partial charge in [0.25, 0.3) is 5.24 Å². The molecule has 135 heavy (non-hydrogen) atoms. The van der Waals surface area contributed by atoms with Gasteiger partial charge in [0.2, 0.25) is 0 Å². The lowest BCUT2D eigenvalue weighted by Gasteiger charge is -2.38. The maximum atomic E-state index is 12.6. The number of aryl methyl sites for hydroxylation is 5. The number of rotatable bonds is 22. The van der Waals surface area contributed by atoms with Crippen LogP contribution in [-0.4, -0.2) is 134 Å². The van der Waals surface area contributed by atoms with Crippen molar-refractivity contribution in [1.82, 2.24) is 58.7 Å². The number of halogens is 13. The van der Waals surface area contributed by atoms with Gasteiger partial charge in [-0.3, -0.25) is 42.5 Å². The highest BCUT2D eigenvalue weighted by Crippen LogP contribution is 2.40. The summed E-state index contributed by atoms with van der Waals surface area (Å²) in [4.78, 5) is 34.2. The molecule has 0 fully saturated rings. The minimum absolute atomic E-state index is 0. The summed E-state index contributed by atoms with van der Waals surface area (Å²) in [5.41, 5.74) is 14.3. The molecule has 0 spiro atoms. The van der Waals surface area contributed by atoms with Gasteiger partial charge in [0.05, 0.1) is 108 Å². The van der Waals surface area contributed by atoms with Crippen molar-refractivity contribution in [3.8, 4) is 23.6 Å². The van der Waals surface area contributed by atoms with E-state index in [0.29, 0.717) is 45.2 Å². The average Bonchev–Trinajstić information content (AvgIpc) is 1.63. The maximum Gasteiger partial charge on any atom is 0.573 e. The first-order valence-electron chi connectivity index (χ1n) is 42.4. The molecule has 724 valence electrons. The highest BCUT2D eigenvalue weighted by atomic mass is 35.5. The zero-order valence-corrected chi connectivity index (χ0v) is 85.6. The van der Waals surface area contributed by atoms with E-state index in [-0.39, 0.29) is 71.1 Å². The van der Waals surface area contributed by atoms with Crippen LogP contribution in [0.4, 0.5) is 26.3 Å². The topological polar surface area (TPSA) is 289 Å². The van der Waals surface area contributed by atoms with Crippen LogP contribution in [0.2, 0.25) is 66.4 Å². The first kappa shape index (κ1) is 112. The summed E-state index contributed by atoms with van der Waals surface area (Å²) in [6.07, 6.45) is -7.71. The van der Waals surface area contributed by atoms with Crippen LogP contribution in [0, 0.1) is 62.7 Å². The number of benzene rings is 8. The van der Waals surface area contributed by atoms with Gasteiger partial charge in [0.15, 0.2) is 28.2 Å². The predicted octanol–water partition coefficient (Wildman–Crippen LogP) is 27.0. The van der Waals surface area contributed by atoms with Crippen LogP contribution < -0.4 is 15.2 Å². The third-order valence-corrected chi connectivity index (χ3v) is 33.2. The molecule has 38 heteroatoms. The zero-order chi connectivity index (χ0) is 100. The number of hydrogen-bond donors (Lipinski definition) is 2. The number of nitrogens with two attached hydrogens (primary N) is 1. The molecule has 5 unspecified atom stereocenters. The van der Waals surface area contributed by atoms with Crippen molar-refractivity contribution < 1.29 is 64.2 Å².